The Hall–Kier alpha value is -2.60. The molecule has 6 heteroatoms. The van der Waals surface area contributed by atoms with Crippen LogP contribution in [-0.2, 0) is 13.1 Å². The fourth-order valence-electron chi connectivity index (χ4n) is 3.74. The number of hydrogen-bond acceptors (Lipinski definition) is 4. The van der Waals surface area contributed by atoms with Gasteiger partial charge in [0.2, 0.25) is 5.88 Å². The van der Waals surface area contributed by atoms with Gasteiger partial charge in [-0.1, -0.05) is 36.4 Å². The summed E-state index contributed by atoms with van der Waals surface area (Å²) >= 11 is 0. The number of nitrogens with zero attached hydrogens (tertiary/aromatic N) is 3. The van der Waals surface area contributed by atoms with Crippen LogP contribution in [0.3, 0.4) is 0 Å². The van der Waals surface area contributed by atoms with Crippen LogP contribution in [-0.4, -0.2) is 48.6 Å². The maximum absolute atomic E-state index is 5.71. The van der Waals surface area contributed by atoms with Crippen LogP contribution in [0.1, 0.15) is 36.8 Å². The van der Waals surface area contributed by atoms with E-state index in [0.717, 1.165) is 62.4 Å². The minimum atomic E-state index is 0.458. The minimum Gasteiger partial charge on any atom is -0.477 e. The minimum absolute atomic E-state index is 0.458. The molecule has 1 aliphatic carbocycles. The second-order valence-corrected chi connectivity index (χ2v) is 8.37. The smallest absolute Gasteiger partial charge is 0.213 e. The first kappa shape index (κ1) is 20.7. The van der Waals surface area contributed by atoms with Crippen molar-refractivity contribution in [2.24, 2.45) is 10.9 Å². The Labute approximate surface area is 179 Å². The summed E-state index contributed by atoms with van der Waals surface area (Å²) in [5, 5.41) is 6.99. The highest BCUT2D eigenvalue weighted by Crippen LogP contribution is 2.29. The Morgan fingerprint density at radius 3 is 2.53 bits per heavy atom. The fraction of sp³-hybridized carbons (Fsp3) is 0.500. The highest BCUT2D eigenvalue weighted by molar-refractivity contribution is 5.79. The molecule has 1 saturated heterocycles. The lowest BCUT2D eigenvalue weighted by Crippen LogP contribution is -2.48. The van der Waals surface area contributed by atoms with Gasteiger partial charge in [-0.05, 0) is 42.7 Å². The van der Waals surface area contributed by atoms with Gasteiger partial charge < -0.3 is 15.4 Å². The highest BCUT2D eigenvalue weighted by Gasteiger charge is 2.22. The zero-order valence-corrected chi connectivity index (χ0v) is 17.9. The molecule has 2 aromatic rings. The molecule has 1 saturated carbocycles. The van der Waals surface area contributed by atoms with E-state index in [1.807, 2.05) is 19.3 Å². The van der Waals surface area contributed by atoms with Crippen LogP contribution in [0.5, 0.6) is 5.88 Å². The molecule has 1 aromatic carbocycles. The third-order valence-corrected chi connectivity index (χ3v) is 5.82. The molecule has 2 N–H and O–H groups in total. The summed E-state index contributed by atoms with van der Waals surface area (Å²) in [5.41, 5.74) is 2.51. The van der Waals surface area contributed by atoms with Gasteiger partial charge in [-0.15, -0.1) is 0 Å². The van der Waals surface area contributed by atoms with Gasteiger partial charge in [-0.25, -0.2) is 4.98 Å². The average molecular weight is 408 g/mol. The summed E-state index contributed by atoms with van der Waals surface area (Å²) in [7, 11) is 1.83. The molecular weight excluding hydrogens is 374 g/mol. The van der Waals surface area contributed by atoms with Crippen molar-refractivity contribution in [3.05, 3.63) is 59.8 Å². The van der Waals surface area contributed by atoms with Crippen LogP contribution in [0.2, 0.25) is 0 Å². The first-order chi connectivity index (χ1) is 14.8. The molecule has 6 nitrogen and oxygen atoms in total. The molecule has 0 atom stereocenters. The van der Waals surface area contributed by atoms with Crippen molar-refractivity contribution >= 4 is 5.96 Å². The fourth-order valence-corrected chi connectivity index (χ4v) is 3.74. The Bertz CT molecular complexity index is 796. The molecule has 4 rings (SSSR count). The van der Waals surface area contributed by atoms with Crippen molar-refractivity contribution in [2.75, 3.05) is 26.7 Å². The number of benzene rings is 1. The van der Waals surface area contributed by atoms with Gasteiger partial charge in [-0.3, -0.25) is 9.89 Å². The molecule has 2 fully saturated rings. The molecule has 160 valence electrons. The summed E-state index contributed by atoms with van der Waals surface area (Å²) in [5.74, 6) is 2.31. The van der Waals surface area contributed by atoms with Crippen molar-refractivity contribution in [1.82, 2.24) is 20.5 Å². The van der Waals surface area contributed by atoms with E-state index >= 15 is 0 Å². The second-order valence-electron chi connectivity index (χ2n) is 8.37. The van der Waals surface area contributed by atoms with Gasteiger partial charge in [0.1, 0.15) is 0 Å². The van der Waals surface area contributed by atoms with E-state index in [0.29, 0.717) is 12.6 Å². The SMILES string of the molecule is CN=C(NCc1ccc(OCC2CC2)nc1)NC1CCN(Cc2ccccc2)CC1. The molecule has 0 unspecified atom stereocenters. The number of aromatic nitrogens is 1. The Morgan fingerprint density at radius 2 is 1.87 bits per heavy atom. The quantitative estimate of drug-likeness (QED) is 0.520. The molecular formula is C24H33N5O. The first-order valence-electron chi connectivity index (χ1n) is 11.1. The molecule has 2 aliphatic rings. The van der Waals surface area contributed by atoms with Crippen LogP contribution in [0.15, 0.2) is 53.7 Å². The Balaban J connectivity index is 1.17. The van der Waals surface area contributed by atoms with Gasteiger partial charge in [0.15, 0.2) is 5.96 Å². The number of guanidine groups is 1. The van der Waals surface area contributed by atoms with Crippen molar-refractivity contribution in [3.8, 4) is 5.88 Å². The van der Waals surface area contributed by atoms with E-state index in [1.165, 1.54) is 18.4 Å². The highest BCUT2D eigenvalue weighted by atomic mass is 16.5. The molecule has 0 bridgehead atoms. The molecule has 2 heterocycles. The first-order valence-corrected chi connectivity index (χ1v) is 11.1. The largest absolute Gasteiger partial charge is 0.477 e. The lowest BCUT2D eigenvalue weighted by molar-refractivity contribution is 0.198. The van der Waals surface area contributed by atoms with Crippen LogP contribution < -0.4 is 15.4 Å². The van der Waals surface area contributed by atoms with Crippen molar-refractivity contribution < 1.29 is 4.74 Å². The summed E-state index contributed by atoms with van der Waals surface area (Å²) < 4.78 is 5.71. The standard InChI is InChI=1S/C24H33N5O/c1-25-24(27-16-21-9-10-23(26-15-21)30-18-20-7-8-20)28-22-11-13-29(14-12-22)17-19-5-3-2-4-6-19/h2-6,9-10,15,20,22H,7-8,11-14,16-18H2,1H3,(H2,25,27,28). The van der Waals surface area contributed by atoms with Crippen molar-refractivity contribution in [2.45, 2.75) is 44.8 Å². The molecule has 0 radical (unpaired) electrons. The molecule has 1 aliphatic heterocycles. The second kappa shape index (κ2) is 10.4. The Kier molecular flexibility index (Phi) is 7.19. The van der Waals surface area contributed by atoms with Crippen molar-refractivity contribution in [1.29, 1.82) is 0 Å². The normalized spacial score (nSPS) is 18.2. The van der Waals surface area contributed by atoms with Crippen molar-refractivity contribution in [3.63, 3.8) is 0 Å². The number of piperidine rings is 1. The molecule has 1 aromatic heterocycles. The number of nitrogens with one attached hydrogen (secondary N) is 2. The number of likely N-dealkylation sites (tertiary alicyclic amines) is 1. The van der Waals surface area contributed by atoms with Crippen LogP contribution in [0, 0.1) is 5.92 Å². The lowest BCUT2D eigenvalue weighted by atomic mass is 10.0. The maximum atomic E-state index is 5.71. The predicted molar refractivity (Wildman–Crippen MR) is 121 cm³/mol. The van der Waals surface area contributed by atoms with E-state index in [4.69, 9.17) is 4.74 Å². The zero-order chi connectivity index (χ0) is 20.6. The summed E-state index contributed by atoms with van der Waals surface area (Å²) in [4.78, 5) is 11.3. The molecule has 0 amide bonds. The third-order valence-electron chi connectivity index (χ3n) is 5.82. The molecule has 30 heavy (non-hydrogen) atoms. The van der Waals surface area contributed by atoms with Gasteiger partial charge in [0.25, 0.3) is 0 Å². The van der Waals surface area contributed by atoms with E-state index in [9.17, 15) is 0 Å². The molecule has 0 spiro atoms. The number of ether oxygens (including phenoxy) is 1. The van der Waals surface area contributed by atoms with E-state index < -0.39 is 0 Å². The summed E-state index contributed by atoms with van der Waals surface area (Å²) in [6.07, 6.45) is 6.72. The van der Waals surface area contributed by atoms with Crippen LogP contribution in [0.4, 0.5) is 0 Å². The number of aliphatic imine (C=N–C) groups is 1. The number of hydrogen-bond donors (Lipinski definition) is 2. The van der Waals surface area contributed by atoms with Gasteiger partial charge in [0.05, 0.1) is 6.61 Å². The Morgan fingerprint density at radius 1 is 1.07 bits per heavy atom. The topological polar surface area (TPSA) is 61.8 Å². The van der Waals surface area contributed by atoms with E-state index in [-0.39, 0.29) is 0 Å². The number of rotatable bonds is 8. The van der Waals surface area contributed by atoms with Gasteiger partial charge >= 0.3 is 0 Å². The summed E-state index contributed by atoms with van der Waals surface area (Å²) in [6, 6.07) is 15.2. The summed E-state index contributed by atoms with van der Waals surface area (Å²) in [6.45, 7) is 4.74. The monoisotopic (exact) mass is 407 g/mol. The van der Waals surface area contributed by atoms with E-state index in [1.54, 1.807) is 0 Å². The average Bonchev–Trinajstić information content (AvgIpc) is 3.62. The zero-order valence-electron chi connectivity index (χ0n) is 17.9. The van der Waals surface area contributed by atoms with Gasteiger partial charge in [-0.2, -0.15) is 0 Å². The number of pyridine rings is 1. The van der Waals surface area contributed by atoms with Crippen LogP contribution >= 0.6 is 0 Å². The third kappa shape index (κ3) is 6.46. The lowest BCUT2D eigenvalue weighted by Gasteiger charge is -2.33. The van der Waals surface area contributed by atoms with E-state index in [2.05, 4.69) is 61.9 Å². The van der Waals surface area contributed by atoms with Gasteiger partial charge in [0, 0.05) is 51.5 Å². The predicted octanol–water partition coefficient (Wildman–Crippen LogP) is 3.20. The van der Waals surface area contributed by atoms with Crippen LogP contribution in [0.25, 0.3) is 0 Å². The maximum Gasteiger partial charge on any atom is 0.213 e.